The predicted molar refractivity (Wildman–Crippen MR) is 63.7 cm³/mol. The minimum Gasteiger partial charge on any atom is -0.480 e. The number of rotatable bonds is 5. The third-order valence-corrected chi connectivity index (χ3v) is 2.82. The Kier molecular flexibility index (Phi) is 3.50. The minimum atomic E-state index is -1.09. The van der Waals surface area contributed by atoms with Crippen LogP contribution in [-0.4, -0.2) is 44.0 Å². The van der Waals surface area contributed by atoms with Crippen molar-refractivity contribution in [1.82, 2.24) is 14.5 Å². The van der Waals surface area contributed by atoms with Gasteiger partial charge < -0.3 is 10.0 Å². The van der Waals surface area contributed by atoms with E-state index >= 15 is 0 Å². The van der Waals surface area contributed by atoms with E-state index in [0.717, 1.165) is 23.5 Å². The molecule has 1 aliphatic carbocycles. The highest BCUT2D eigenvalue weighted by Gasteiger charge is 2.33. The van der Waals surface area contributed by atoms with Crippen molar-refractivity contribution < 1.29 is 14.7 Å². The first-order valence-corrected chi connectivity index (χ1v) is 5.78. The molecule has 0 aromatic carbocycles. The molecule has 0 aliphatic heterocycles. The number of nitrogens with one attached hydrogen (secondary N) is 1. The number of carboxylic acids is 1. The number of carbonyl (C=O) groups excluding carboxylic acids is 1. The smallest absolute Gasteiger partial charge is 0.328 e. The van der Waals surface area contributed by atoms with Gasteiger partial charge in [0.25, 0.3) is 5.56 Å². The Bertz CT molecular complexity index is 613. The van der Waals surface area contributed by atoms with Gasteiger partial charge in [0.05, 0.1) is 0 Å². The van der Waals surface area contributed by atoms with Crippen LogP contribution in [0.15, 0.2) is 21.9 Å². The molecule has 0 unspecified atom stereocenters. The zero-order chi connectivity index (χ0) is 14.0. The molecular weight excluding hydrogens is 254 g/mol. The van der Waals surface area contributed by atoms with Gasteiger partial charge in [0.15, 0.2) is 0 Å². The van der Waals surface area contributed by atoms with Crippen LogP contribution in [-0.2, 0) is 16.1 Å². The lowest BCUT2D eigenvalue weighted by Gasteiger charge is -2.20. The summed E-state index contributed by atoms with van der Waals surface area (Å²) in [6, 6.07) is 1.08. The van der Waals surface area contributed by atoms with E-state index in [1.807, 2.05) is 4.98 Å². The van der Waals surface area contributed by atoms with Crippen LogP contribution in [0.5, 0.6) is 0 Å². The number of hydrogen-bond donors (Lipinski definition) is 2. The van der Waals surface area contributed by atoms with Gasteiger partial charge in [-0.2, -0.15) is 0 Å². The molecule has 8 heteroatoms. The molecule has 1 fully saturated rings. The van der Waals surface area contributed by atoms with Crippen molar-refractivity contribution in [1.29, 1.82) is 0 Å². The average molecular weight is 267 g/mol. The quantitative estimate of drug-likeness (QED) is 0.682. The molecule has 0 spiro atoms. The van der Waals surface area contributed by atoms with Gasteiger partial charge in [-0.1, -0.05) is 0 Å². The Morgan fingerprint density at radius 2 is 2.11 bits per heavy atom. The number of aliphatic carboxylic acids is 1. The molecule has 0 bridgehead atoms. The van der Waals surface area contributed by atoms with Gasteiger partial charge in [-0.05, 0) is 12.8 Å². The molecule has 0 radical (unpaired) electrons. The normalized spacial score (nSPS) is 14.1. The number of hydrogen-bond acceptors (Lipinski definition) is 4. The van der Waals surface area contributed by atoms with E-state index in [1.165, 1.54) is 11.1 Å². The van der Waals surface area contributed by atoms with Crippen molar-refractivity contribution in [2.45, 2.75) is 25.4 Å². The number of amides is 1. The fourth-order valence-electron chi connectivity index (χ4n) is 1.76. The number of carboxylic acid groups (broad SMARTS) is 1. The van der Waals surface area contributed by atoms with E-state index in [2.05, 4.69) is 0 Å². The van der Waals surface area contributed by atoms with E-state index in [-0.39, 0.29) is 19.1 Å². The van der Waals surface area contributed by atoms with Crippen LogP contribution in [0.3, 0.4) is 0 Å². The maximum absolute atomic E-state index is 12.0. The van der Waals surface area contributed by atoms with E-state index in [9.17, 15) is 19.2 Å². The van der Waals surface area contributed by atoms with Crippen molar-refractivity contribution in [3.8, 4) is 0 Å². The maximum Gasteiger partial charge on any atom is 0.328 e. The van der Waals surface area contributed by atoms with Crippen LogP contribution in [0.2, 0.25) is 0 Å². The molecule has 8 nitrogen and oxygen atoms in total. The number of aromatic nitrogens is 2. The van der Waals surface area contributed by atoms with Gasteiger partial charge >= 0.3 is 11.7 Å². The van der Waals surface area contributed by atoms with Gasteiger partial charge in [-0.25, -0.2) is 4.79 Å². The second kappa shape index (κ2) is 5.09. The van der Waals surface area contributed by atoms with Gasteiger partial charge in [0, 0.05) is 18.3 Å². The molecule has 1 aromatic rings. The molecule has 2 rings (SSSR count). The van der Waals surface area contributed by atoms with Crippen LogP contribution < -0.4 is 11.2 Å². The summed E-state index contributed by atoms with van der Waals surface area (Å²) in [6.45, 7) is -0.652. The third kappa shape index (κ3) is 3.30. The van der Waals surface area contributed by atoms with Crippen molar-refractivity contribution in [2.24, 2.45) is 0 Å². The molecule has 19 heavy (non-hydrogen) atoms. The van der Waals surface area contributed by atoms with E-state index in [1.54, 1.807) is 0 Å². The van der Waals surface area contributed by atoms with Crippen LogP contribution >= 0.6 is 0 Å². The van der Waals surface area contributed by atoms with E-state index in [4.69, 9.17) is 5.11 Å². The van der Waals surface area contributed by atoms with Gasteiger partial charge in [-0.15, -0.1) is 0 Å². The topological polar surface area (TPSA) is 112 Å². The van der Waals surface area contributed by atoms with Gasteiger partial charge in [0.2, 0.25) is 5.91 Å². The number of aromatic amines is 1. The van der Waals surface area contributed by atoms with E-state index in [0.29, 0.717) is 0 Å². The van der Waals surface area contributed by atoms with Crippen LogP contribution in [0.25, 0.3) is 0 Å². The number of carbonyl (C=O) groups is 2. The highest BCUT2D eigenvalue weighted by Crippen LogP contribution is 2.26. The van der Waals surface area contributed by atoms with Crippen molar-refractivity contribution in [3.63, 3.8) is 0 Å². The summed E-state index contributed by atoms with van der Waals surface area (Å²) in [5.41, 5.74) is -1.23. The maximum atomic E-state index is 12.0. The Morgan fingerprint density at radius 3 is 2.63 bits per heavy atom. The number of nitrogens with zero attached hydrogens (tertiary/aromatic N) is 2. The summed E-state index contributed by atoms with van der Waals surface area (Å²) in [5, 5.41) is 8.76. The monoisotopic (exact) mass is 267 g/mol. The molecule has 0 saturated heterocycles. The molecule has 1 saturated carbocycles. The summed E-state index contributed by atoms with van der Waals surface area (Å²) in [5.74, 6) is -1.53. The van der Waals surface area contributed by atoms with Crippen molar-refractivity contribution >= 4 is 11.9 Å². The van der Waals surface area contributed by atoms with Crippen LogP contribution in [0.1, 0.15) is 12.8 Å². The summed E-state index contributed by atoms with van der Waals surface area (Å²) >= 11 is 0. The zero-order valence-electron chi connectivity index (χ0n) is 10.0. The fourth-order valence-corrected chi connectivity index (χ4v) is 1.76. The third-order valence-electron chi connectivity index (χ3n) is 2.82. The second-order valence-corrected chi connectivity index (χ2v) is 4.38. The summed E-state index contributed by atoms with van der Waals surface area (Å²) in [4.78, 5) is 48.3. The minimum absolute atomic E-state index is 0.0536. The molecule has 1 heterocycles. The Hall–Kier alpha value is -2.38. The molecule has 102 valence electrons. The summed E-state index contributed by atoms with van der Waals surface area (Å²) in [6.07, 6.45) is 2.77. The highest BCUT2D eigenvalue weighted by atomic mass is 16.4. The SMILES string of the molecule is O=C(O)CN(C(=O)Cn1ccc(=O)[nH]c1=O)C1CC1. The number of H-pyrrole nitrogens is 1. The first-order chi connectivity index (χ1) is 8.97. The predicted octanol–water partition coefficient (Wildman–Crippen LogP) is -1.39. The molecule has 1 amide bonds. The average Bonchev–Trinajstić information content (AvgIpc) is 3.13. The summed E-state index contributed by atoms with van der Waals surface area (Å²) in [7, 11) is 0. The highest BCUT2D eigenvalue weighted by molar-refractivity contribution is 5.81. The standard InChI is InChI=1S/C11H13N3O5/c15-8-3-4-13(11(19)12-8)5-9(16)14(6-10(17)18)7-1-2-7/h3-4,7H,1-2,5-6H2,(H,17,18)(H,12,15,19). The lowest BCUT2D eigenvalue weighted by Crippen LogP contribution is -2.41. The van der Waals surface area contributed by atoms with Gasteiger partial charge in [-0.3, -0.25) is 23.9 Å². The zero-order valence-corrected chi connectivity index (χ0v) is 10.0. The Balaban J connectivity index is 2.12. The second-order valence-electron chi connectivity index (χ2n) is 4.38. The molecule has 1 aliphatic rings. The molecule has 1 aromatic heterocycles. The fraction of sp³-hybridized carbons (Fsp3) is 0.455. The lowest BCUT2D eigenvalue weighted by atomic mass is 10.4. The lowest BCUT2D eigenvalue weighted by molar-refractivity contribution is -0.145. The molecule has 2 N–H and O–H groups in total. The Morgan fingerprint density at radius 1 is 1.42 bits per heavy atom. The summed E-state index contributed by atoms with van der Waals surface area (Å²) < 4.78 is 1.04. The Labute approximate surface area is 107 Å². The van der Waals surface area contributed by atoms with Crippen molar-refractivity contribution in [3.05, 3.63) is 33.1 Å². The van der Waals surface area contributed by atoms with Crippen LogP contribution in [0.4, 0.5) is 0 Å². The first-order valence-electron chi connectivity index (χ1n) is 5.78. The van der Waals surface area contributed by atoms with Crippen molar-refractivity contribution in [2.75, 3.05) is 6.54 Å². The van der Waals surface area contributed by atoms with E-state index < -0.39 is 23.1 Å². The molecular formula is C11H13N3O5. The molecule has 0 atom stereocenters. The first kappa shape index (κ1) is 13.1. The van der Waals surface area contributed by atoms with Crippen LogP contribution in [0, 0.1) is 0 Å². The van der Waals surface area contributed by atoms with Gasteiger partial charge in [0.1, 0.15) is 13.1 Å². The largest absolute Gasteiger partial charge is 0.480 e.